The first kappa shape index (κ1) is 18.9. The van der Waals surface area contributed by atoms with Crippen LogP contribution in [0.3, 0.4) is 0 Å². The Balaban J connectivity index is 1.94. The lowest BCUT2D eigenvalue weighted by atomic mass is 10.2. The van der Waals surface area contributed by atoms with Gasteiger partial charge in [0.2, 0.25) is 0 Å². The summed E-state index contributed by atoms with van der Waals surface area (Å²) >= 11 is 7.15. The Bertz CT molecular complexity index is 816. The minimum absolute atomic E-state index is 0.395. The molecule has 0 saturated heterocycles. The Hall–Kier alpha value is -0.880. The highest BCUT2D eigenvalue weighted by atomic mass is 79.9. The van der Waals surface area contributed by atoms with Crippen LogP contribution in [0.15, 0.2) is 45.3 Å². The molecule has 3 nitrogen and oxygen atoms in total. The molecule has 0 amide bonds. The van der Waals surface area contributed by atoms with Crippen molar-refractivity contribution in [3.05, 3.63) is 45.3 Å². The molecule has 0 spiro atoms. The number of aromatic nitrogens is 1. The normalized spacial score (nSPS) is 13.2. The van der Waals surface area contributed by atoms with E-state index in [0.29, 0.717) is 13.1 Å². The molecule has 0 bridgehead atoms. The number of aliphatic hydroxyl groups is 1. The third-order valence-electron chi connectivity index (χ3n) is 4.60. The van der Waals surface area contributed by atoms with E-state index in [-0.39, 0.29) is 0 Å². The molecule has 0 fully saturated rings. The molecule has 0 aliphatic rings. The van der Waals surface area contributed by atoms with Crippen LogP contribution in [0.4, 0.5) is 0 Å². The fourth-order valence-corrected chi connectivity index (χ4v) is 4.11. The maximum atomic E-state index is 10.6. The molecule has 1 atom stereocenters. The number of fused-ring (bicyclic) bond motifs is 3. The molecule has 0 unspecified atom stereocenters. The fourth-order valence-electron chi connectivity index (χ4n) is 3.39. The Labute approximate surface area is 165 Å². The Morgan fingerprint density at radius 2 is 1.60 bits per heavy atom. The molecule has 2 aromatic carbocycles. The number of aliphatic hydroxyl groups excluding tert-OH is 1. The van der Waals surface area contributed by atoms with Crippen LogP contribution in [-0.2, 0) is 6.54 Å². The van der Waals surface area contributed by atoms with Crippen molar-refractivity contribution in [3.8, 4) is 0 Å². The molecule has 0 aliphatic carbocycles. The number of nitrogens with zero attached hydrogens (tertiary/aromatic N) is 2. The van der Waals surface area contributed by atoms with E-state index in [1.54, 1.807) is 0 Å². The third kappa shape index (κ3) is 4.27. The third-order valence-corrected chi connectivity index (χ3v) is 5.58. The smallest absolute Gasteiger partial charge is 0.0845 e. The van der Waals surface area contributed by atoms with Crippen LogP contribution in [0.1, 0.15) is 19.8 Å². The summed E-state index contributed by atoms with van der Waals surface area (Å²) in [6, 6.07) is 12.7. The van der Waals surface area contributed by atoms with Gasteiger partial charge in [0.1, 0.15) is 0 Å². The summed E-state index contributed by atoms with van der Waals surface area (Å²) in [5, 5.41) is 13.0. The van der Waals surface area contributed by atoms with Crippen molar-refractivity contribution in [1.82, 2.24) is 9.47 Å². The monoisotopic (exact) mass is 466 g/mol. The van der Waals surface area contributed by atoms with Crippen LogP contribution in [0.5, 0.6) is 0 Å². The largest absolute Gasteiger partial charge is 0.390 e. The first-order valence-corrected chi connectivity index (χ1v) is 10.3. The zero-order valence-electron chi connectivity index (χ0n) is 14.7. The predicted octanol–water partition coefficient (Wildman–Crippen LogP) is 5.41. The Kier molecular flexibility index (Phi) is 6.21. The van der Waals surface area contributed by atoms with Gasteiger partial charge in [0, 0.05) is 37.3 Å². The van der Waals surface area contributed by atoms with Crippen LogP contribution >= 0.6 is 31.9 Å². The van der Waals surface area contributed by atoms with Crippen LogP contribution in [0.25, 0.3) is 21.8 Å². The van der Waals surface area contributed by atoms with Gasteiger partial charge in [-0.05, 0) is 56.4 Å². The standard InChI is InChI=1S/C20H24Br2N2O/c1-3-4-9-23(2)12-16(25)13-24-19-7-5-14(21)10-17(19)18-11-15(22)6-8-20(18)24/h5-8,10-11,16,25H,3-4,9,12-13H2,1-2H3/t16-/m0/s1. The first-order valence-electron chi connectivity index (χ1n) is 8.73. The van der Waals surface area contributed by atoms with E-state index in [0.717, 1.165) is 26.5 Å². The van der Waals surface area contributed by atoms with Gasteiger partial charge in [-0.2, -0.15) is 0 Å². The summed E-state index contributed by atoms with van der Waals surface area (Å²) in [4.78, 5) is 2.22. The quantitative estimate of drug-likeness (QED) is 0.503. The minimum atomic E-state index is -0.395. The van der Waals surface area contributed by atoms with E-state index in [9.17, 15) is 5.11 Å². The fraction of sp³-hybridized carbons (Fsp3) is 0.400. The van der Waals surface area contributed by atoms with Crippen molar-refractivity contribution in [2.24, 2.45) is 0 Å². The molecule has 25 heavy (non-hydrogen) atoms. The van der Waals surface area contributed by atoms with Gasteiger partial charge < -0.3 is 14.6 Å². The maximum absolute atomic E-state index is 10.6. The zero-order chi connectivity index (χ0) is 18.0. The topological polar surface area (TPSA) is 28.4 Å². The molecule has 0 saturated carbocycles. The maximum Gasteiger partial charge on any atom is 0.0845 e. The molecule has 3 aromatic rings. The average Bonchev–Trinajstić information content (AvgIpc) is 2.85. The number of hydrogen-bond acceptors (Lipinski definition) is 2. The van der Waals surface area contributed by atoms with Gasteiger partial charge in [0.25, 0.3) is 0 Å². The number of halogens is 2. The average molecular weight is 468 g/mol. The Morgan fingerprint density at radius 1 is 1.04 bits per heavy atom. The zero-order valence-corrected chi connectivity index (χ0v) is 17.8. The second-order valence-electron chi connectivity index (χ2n) is 6.70. The van der Waals surface area contributed by atoms with E-state index in [1.807, 2.05) is 0 Å². The van der Waals surface area contributed by atoms with Crippen molar-refractivity contribution in [2.45, 2.75) is 32.4 Å². The van der Waals surface area contributed by atoms with Gasteiger partial charge in [-0.3, -0.25) is 0 Å². The highest BCUT2D eigenvalue weighted by molar-refractivity contribution is 9.10. The number of benzene rings is 2. The molecule has 0 aliphatic heterocycles. The summed E-state index contributed by atoms with van der Waals surface area (Å²) < 4.78 is 4.37. The lowest BCUT2D eigenvalue weighted by molar-refractivity contribution is 0.111. The van der Waals surface area contributed by atoms with Crippen molar-refractivity contribution >= 4 is 53.7 Å². The van der Waals surface area contributed by atoms with Crippen molar-refractivity contribution in [1.29, 1.82) is 0 Å². The van der Waals surface area contributed by atoms with Crippen LogP contribution < -0.4 is 0 Å². The summed E-state index contributed by atoms with van der Waals surface area (Å²) in [7, 11) is 2.08. The van der Waals surface area contributed by atoms with Gasteiger partial charge >= 0.3 is 0 Å². The summed E-state index contributed by atoms with van der Waals surface area (Å²) in [6.07, 6.45) is 1.95. The van der Waals surface area contributed by atoms with E-state index in [2.05, 4.69) is 91.7 Å². The van der Waals surface area contributed by atoms with Crippen LogP contribution in [0.2, 0.25) is 0 Å². The van der Waals surface area contributed by atoms with Gasteiger partial charge in [-0.25, -0.2) is 0 Å². The minimum Gasteiger partial charge on any atom is -0.390 e. The van der Waals surface area contributed by atoms with Gasteiger partial charge in [0.05, 0.1) is 12.6 Å². The lowest BCUT2D eigenvalue weighted by Gasteiger charge is -2.21. The van der Waals surface area contributed by atoms with Crippen molar-refractivity contribution in [2.75, 3.05) is 20.1 Å². The first-order chi connectivity index (χ1) is 12.0. The lowest BCUT2D eigenvalue weighted by Crippen LogP contribution is -2.32. The highest BCUT2D eigenvalue weighted by Crippen LogP contribution is 2.33. The molecular weight excluding hydrogens is 444 g/mol. The molecule has 0 radical (unpaired) electrons. The van der Waals surface area contributed by atoms with E-state index in [4.69, 9.17) is 0 Å². The number of rotatable bonds is 7. The second-order valence-corrected chi connectivity index (χ2v) is 8.53. The summed E-state index contributed by atoms with van der Waals surface area (Å²) in [6.45, 7) is 4.51. The number of hydrogen-bond donors (Lipinski definition) is 1. The number of likely N-dealkylation sites (N-methyl/N-ethyl adjacent to an activating group) is 1. The molecule has 134 valence electrons. The Morgan fingerprint density at radius 3 is 2.12 bits per heavy atom. The second kappa shape index (κ2) is 8.21. The molecule has 3 rings (SSSR count). The van der Waals surface area contributed by atoms with E-state index >= 15 is 0 Å². The van der Waals surface area contributed by atoms with Crippen LogP contribution in [0, 0.1) is 0 Å². The van der Waals surface area contributed by atoms with Gasteiger partial charge in [-0.1, -0.05) is 45.2 Å². The SMILES string of the molecule is CCCCN(C)C[C@H](O)Cn1c2ccc(Br)cc2c2cc(Br)ccc21. The molecule has 1 N–H and O–H groups in total. The van der Waals surface area contributed by atoms with Crippen molar-refractivity contribution in [3.63, 3.8) is 0 Å². The highest BCUT2D eigenvalue weighted by Gasteiger charge is 2.15. The van der Waals surface area contributed by atoms with Gasteiger partial charge in [0.15, 0.2) is 0 Å². The van der Waals surface area contributed by atoms with E-state index in [1.165, 1.54) is 23.6 Å². The van der Waals surface area contributed by atoms with E-state index < -0.39 is 6.10 Å². The summed E-state index contributed by atoms with van der Waals surface area (Å²) in [5.74, 6) is 0. The molecular formula is C20H24Br2N2O. The molecule has 1 aromatic heterocycles. The summed E-state index contributed by atoms with van der Waals surface area (Å²) in [5.41, 5.74) is 2.32. The van der Waals surface area contributed by atoms with Crippen molar-refractivity contribution < 1.29 is 5.11 Å². The molecule has 1 heterocycles. The molecule has 5 heteroatoms. The predicted molar refractivity (Wildman–Crippen MR) is 113 cm³/mol. The van der Waals surface area contributed by atoms with Crippen LogP contribution in [-0.4, -0.2) is 40.8 Å². The number of unbranched alkanes of at least 4 members (excludes halogenated alkanes) is 1. The van der Waals surface area contributed by atoms with Gasteiger partial charge in [-0.15, -0.1) is 0 Å².